The number of thiazole rings is 1. The summed E-state index contributed by atoms with van der Waals surface area (Å²) in [5, 5.41) is 10.5. The number of hydrogen-bond donors (Lipinski definition) is 0. The monoisotopic (exact) mass is 234 g/mol. The van der Waals surface area contributed by atoms with Gasteiger partial charge >= 0.3 is 0 Å². The normalized spacial score (nSPS) is 9.93. The SMILES string of the molecule is Cc1nc(-c2ccc(Cl)cc2)c(C#N)s1. The van der Waals surface area contributed by atoms with Crippen molar-refractivity contribution >= 4 is 22.9 Å². The van der Waals surface area contributed by atoms with E-state index >= 15 is 0 Å². The average Bonchev–Trinajstić information content (AvgIpc) is 2.61. The van der Waals surface area contributed by atoms with Crippen molar-refractivity contribution in [2.45, 2.75) is 6.92 Å². The molecule has 0 atom stereocenters. The van der Waals surface area contributed by atoms with E-state index in [-0.39, 0.29) is 0 Å². The first-order valence-electron chi connectivity index (χ1n) is 4.34. The fraction of sp³-hybridized carbons (Fsp3) is 0.0909. The Hall–Kier alpha value is -1.37. The van der Waals surface area contributed by atoms with Gasteiger partial charge in [-0.05, 0) is 19.1 Å². The Labute approximate surface area is 96.8 Å². The topological polar surface area (TPSA) is 36.7 Å². The van der Waals surface area contributed by atoms with Crippen LogP contribution in [0.25, 0.3) is 11.3 Å². The predicted octanol–water partition coefficient (Wildman–Crippen LogP) is 3.64. The van der Waals surface area contributed by atoms with Crippen molar-refractivity contribution in [3.63, 3.8) is 0 Å². The molecule has 2 nitrogen and oxygen atoms in total. The van der Waals surface area contributed by atoms with Crippen molar-refractivity contribution in [3.05, 3.63) is 39.2 Å². The molecule has 1 aromatic heterocycles. The number of nitrogens with zero attached hydrogens (tertiary/aromatic N) is 2. The van der Waals surface area contributed by atoms with E-state index in [1.54, 1.807) is 12.1 Å². The summed E-state index contributed by atoms with van der Waals surface area (Å²) in [7, 11) is 0. The zero-order valence-corrected chi connectivity index (χ0v) is 9.56. The second kappa shape index (κ2) is 4.01. The molecule has 0 amide bonds. The molecular formula is C11H7ClN2S. The summed E-state index contributed by atoms with van der Waals surface area (Å²) in [6, 6.07) is 9.49. The largest absolute Gasteiger partial charge is 0.240 e. The fourth-order valence-electron chi connectivity index (χ4n) is 1.31. The predicted molar refractivity (Wildman–Crippen MR) is 62.0 cm³/mol. The Morgan fingerprint density at radius 1 is 1.33 bits per heavy atom. The minimum absolute atomic E-state index is 0.648. The van der Waals surface area contributed by atoms with E-state index in [9.17, 15) is 0 Å². The third-order valence-electron chi connectivity index (χ3n) is 1.95. The third kappa shape index (κ3) is 2.01. The van der Waals surface area contributed by atoms with Crippen LogP contribution in [-0.2, 0) is 0 Å². The van der Waals surface area contributed by atoms with E-state index < -0.39 is 0 Å². The van der Waals surface area contributed by atoms with Gasteiger partial charge in [-0.3, -0.25) is 0 Å². The molecule has 0 fully saturated rings. The van der Waals surface area contributed by atoms with Crippen LogP contribution < -0.4 is 0 Å². The molecule has 0 aliphatic rings. The molecule has 0 bridgehead atoms. The van der Waals surface area contributed by atoms with Crippen LogP contribution in [0.1, 0.15) is 9.88 Å². The number of nitriles is 1. The van der Waals surface area contributed by atoms with Crippen molar-refractivity contribution in [3.8, 4) is 17.3 Å². The molecule has 2 aromatic rings. The van der Waals surface area contributed by atoms with Crippen LogP contribution in [0.15, 0.2) is 24.3 Å². The van der Waals surface area contributed by atoms with Crippen LogP contribution in [-0.4, -0.2) is 4.98 Å². The van der Waals surface area contributed by atoms with E-state index in [2.05, 4.69) is 11.1 Å². The summed E-state index contributed by atoms with van der Waals surface area (Å²) in [6.45, 7) is 1.89. The van der Waals surface area contributed by atoms with E-state index in [1.165, 1.54) is 11.3 Å². The molecular weight excluding hydrogens is 228 g/mol. The fourth-order valence-corrected chi connectivity index (χ4v) is 2.17. The Bertz CT molecular complexity index is 523. The Balaban J connectivity index is 2.54. The maximum absolute atomic E-state index is 8.94. The van der Waals surface area contributed by atoms with Gasteiger partial charge in [0, 0.05) is 10.6 Å². The highest BCUT2D eigenvalue weighted by molar-refractivity contribution is 7.12. The maximum Gasteiger partial charge on any atom is 0.132 e. The van der Waals surface area contributed by atoms with Crippen LogP contribution >= 0.6 is 22.9 Å². The second-order valence-electron chi connectivity index (χ2n) is 3.03. The summed E-state index contributed by atoms with van der Waals surface area (Å²) >= 11 is 7.20. The lowest BCUT2D eigenvalue weighted by Gasteiger charge is -1.96. The van der Waals surface area contributed by atoms with Crippen LogP contribution in [0.3, 0.4) is 0 Å². The van der Waals surface area contributed by atoms with Crippen molar-refractivity contribution in [1.82, 2.24) is 4.98 Å². The number of aryl methyl sites for hydroxylation is 1. The molecule has 0 saturated carbocycles. The van der Waals surface area contributed by atoms with E-state index in [1.807, 2.05) is 19.1 Å². The molecule has 4 heteroatoms. The molecule has 15 heavy (non-hydrogen) atoms. The van der Waals surface area contributed by atoms with Crippen molar-refractivity contribution in [2.24, 2.45) is 0 Å². The van der Waals surface area contributed by atoms with Gasteiger partial charge in [-0.15, -0.1) is 11.3 Å². The van der Waals surface area contributed by atoms with Gasteiger partial charge in [0.2, 0.25) is 0 Å². The van der Waals surface area contributed by atoms with Gasteiger partial charge < -0.3 is 0 Å². The van der Waals surface area contributed by atoms with Gasteiger partial charge in [-0.1, -0.05) is 23.7 Å². The van der Waals surface area contributed by atoms with E-state index in [0.717, 1.165) is 16.3 Å². The summed E-state index contributed by atoms with van der Waals surface area (Å²) in [5.74, 6) is 0. The van der Waals surface area contributed by atoms with Crippen LogP contribution in [0.4, 0.5) is 0 Å². The third-order valence-corrected chi connectivity index (χ3v) is 3.08. The summed E-state index contributed by atoms with van der Waals surface area (Å²) in [5.41, 5.74) is 1.68. The smallest absolute Gasteiger partial charge is 0.132 e. The lowest BCUT2D eigenvalue weighted by molar-refractivity contribution is 1.29. The first kappa shape index (κ1) is 10.2. The standard InChI is InChI=1S/C11H7ClN2S/c1-7-14-11(10(6-13)15-7)8-2-4-9(12)5-3-8/h2-5H,1H3. The second-order valence-corrected chi connectivity index (χ2v) is 4.67. The van der Waals surface area contributed by atoms with Gasteiger partial charge in [0.25, 0.3) is 0 Å². The Morgan fingerprint density at radius 3 is 2.60 bits per heavy atom. The molecule has 0 spiro atoms. The number of hydrogen-bond acceptors (Lipinski definition) is 3. The molecule has 0 unspecified atom stereocenters. The van der Waals surface area contributed by atoms with Gasteiger partial charge in [0.05, 0.1) is 10.7 Å². The minimum Gasteiger partial charge on any atom is -0.240 e. The average molecular weight is 235 g/mol. The molecule has 0 radical (unpaired) electrons. The van der Waals surface area contributed by atoms with Crippen LogP contribution in [0, 0.1) is 18.3 Å². The molecule has 2 rings (SSSR count). The number of benzene rings is 1. The summed E-state index contributed by atoms with van der Waals surface area (Å²) < 4.78 is 0. The molecule has 0 aliphatic carbocycles. The van der Waals surface area contributed by atoms with Crippen molar-refractivity contribution in [1.29, 1.82) is 5.26 Å². The van der Waals surface area contributed by atoms with Gasteiger partial charge in [-0.2, -0.15) is 5.26 Å². The zero-order valence-electron chi connectivity index (χ0n) is 7.99. The first-order valence-corrected chi connectivity index (χ1v) is 5.53. The van der Waals surface area contributed by atoms with Gasteiger partial charge in [0.15, 0.2) is 0 Å². The van der Waals surface area contributed by atoms with Gasteiger partial charge in [-0.25, -0.2) is 4.98 Å². The molecule has 0 aliphatic heterocycles. The highest BCUT2D eigenvalue weighted by Crippen LogP contribution is 2.27. The summed E-state index contributed by atoms with van der Waals surface area (Å²) in [4.78, 5) is 4.98. The minimum atomic E-state index is 0.648. The number of halogens is 1. The Morgan fingerprint density at radius 2 is 2.00 bits per heavy atom. The van der Waals surface area contributed by atoms with Crippen molar-refractivity contribution in [2.75, 3.05) is 0 Å². The highest BCUT2D eigenvalue weighted by Gasteiger charge is 2.10. The molecule has 1 aromatic carbocycles. The van der Waals surface area contributed by atoms with Crippen LogP contribution in [0.5, 0.6) is 0 Å². The quantitative estimate of drug-likeness (QED) is 0.755. The Kier molecular flexibility index (Phi) is 2.72. The summed E-state index contributed by atoms with van der Waals surface area (Å²) in [6.07, 6.45) is 0. The molecule has 0 N–H and O–H groups in total. The lowest BCUT2D eigenvalue weighted by atomic mass is 10.1. The number of aromatic nitrogens is 1. The molecule has 74 valence electrons. The maximum atomic E-state index is 8.94. The molecule has 1 heterocycles. The van der Waals surface area contributed by atoms with Gasteiger partial charge in [0.1, 0.15) is 10.9 Å². The lowest BCUT2D eigenvalue weighted by Crippen LogP contribution is -1.80. The van der Waals surface area contributed by atoms with E-state index in [4.69, 9.17) is 16.9 Å². The van der Waals surface area contributed by atoms with E-state index in [0.29, 0.717) is 9.90 Å². The zero-order chi connectivity index (χ0) is 10.8. The molecule has 0 saturated heterocycles. The number of rotatable bonds is 1. The van der Waals surface area contributed by atoms with Crippen molar-refractivity contribution < 1.29 is 0 Å². The highest BCUT2D eigenvalue weighted by atomic mass is 35.5. The van der Waals surface area contributed by atoms with Crippen LogP contribution in [0.2, 0.25) is 5.02 Å². The first-order chi connectivity index (χ1) is 7.20.